The second-order valence-corrected chi connectivity index (χ2v) is 15.1. The van der Waals surface area contributed by atoms with Crippen molar-refractivity contribution >= 4 is 41.1 Å². The summed E-state index contributed by atoms with van der Waals surface area (Å²) in [5.41, 5.74) is 3.64. The third-order valence-electron chi connectivity index (χ3n) is 10.7. The van der Waals surface area contributed by atoms with E-state index in [0.717, 1.165) is 66.5 Å². The minimum absolute atomic E-state index is 0.00829. The Kier molecular flexibility index (Phi) is 10.6. The van der Waals surface area contributed by atoms with E-state index in [4.69, 9.17) is 21.1 Å². The quantitative estimate of drug-likeness (QED) is 0.277. The van der Waals surface area contributed by atoms with Gasteiger partial charge in [0.1, 0.15) is 11.9 Å². The van der Waals surface area contributed by atoms with E-state index in [9.17, 15) is 9.59 Å². The Labute approximate surface area is 283 Å². The Bertz CT molecular complexity index is 1450. The van der Waals surface area contributed by atoms with Gasteiger partial charge in [0.2, 0.25) is 5.91 Å². The number of morpholine rings is 1. The van der Waals surface area contributed by atoms with Crippen molar-refractivity contribution in [2.75, 3.05) is 44.8 Å². The number of hydrogen-bond donors (Lipinski definition) is 1. The van der Waals surface area contributed by atoms with Crippen LogP contribution in [-0.4, -0.2) is 62.7 Å². The largest absolute Gasteiger partial charge is 0.491 e. The van der Waals surface area contributed by atoms with E-state index in [2.05, 4.69) is 59.9 Å². The fourth-order valence-corrected chi connectivity index (χ4v) is 8.45. The topological polar surface area (TPSA) is 71.1 Å². The smallest absolute Gasteiger partial charge is 0.252 e. The van der Waals surface area contributed by atoms with Crippen LogP contribution in [0.3, 0.4) is 0 Å². The monoisotopic (exact) mass is 665 g/mol. The highest BCUT2D eigenvalue weighted by Crippen LogP contribution is 2.46. The SMILES string of the molecule is CCCc1cc(Cl)ccc1C1COc2ccc3cc2N(C1)CC1CCC1C(C1OCCN(C)C1=O)/C=C/CC(C)C(C)C(=O)NS3. The van der Waals surface area contributed by atoms with Gasteiger partial charge in [0, 0.05) is 54.4 Å². The van der Waals surface area contributed by atoms with Crippen molar-refractivity contribution in [3.63, 3.8) is 0 Å². The van der Waals surface area contributed by atoms with Crippen molar-refractivity contribution in [2.45, 2.75) is 69.8 Å². The zero-order chi connectivity index (χ0) is 32.4. The maximum absolute atomic E-state index is 13.4. The molecule has 2 amide bonds. The molecular weight excluding hydrogens is 618 g/mol. The van der Waals surface area contributed by atoms with Crippen LogP contribution in [0.25, 0.3) is 0 Å². The van der Waals surface area contributed by atoms with E-state index in [1.807, 2.05) is 31.0 Å². The summed E-state index contributed by atoms with van der Waals surface area (Å²) >= 11 is 7.84. The van der Waals surface area contributed by atoms with Gasteiger partial charge < -0.3 is 19.3 Å². The zero-order valence-electron chi connectivity index (χ0n) is 27.5. The second-order valence-electron chi connectivity index (χ2n) is 13.8. The average Bonchev–Trinajstić information content (AvgIpc) is 3.21. The number of halogens is 1. The van der Waals surface area contributed by atoms with Gasteiger partial charge in [-0.3, -0.25) is 14.3 Å². The predicted octanol–water partition coefficient (Wildman–Crippen LogP) is 7.13. The van der Waals surface area contributed by atoms with Gasteiger partial charge in [-0.25, -0.2) is 0 Å². The maximum Gasteiger partial charge on any atom is 0.252 e. The van der Waals surface area contributed by atoms with E-state index in [1.54, 1.807) is 0 Å². The van der Waals surface area contributed by atoms with E-state index in [1.165, 1.54) is 23.1 Å². The lowest BCUT2D eigenvalue weighted by Crippen LogP contribution is -2.53. The lowest BCUT2D eigenvalue weighted by Gasteiger charge is -2.47. The number of hydrogen-bond acceptors (Lipinski definition) is 6. The molecule has 248 valence electrons. The van der Waals surface area contributed by atoms with Crippen LogP contribution in [0.2, 0.25) is 5.02 Å². The third-order valence-corrected chi connectivity index (χ3v) is 11.8. The Balaban J connectivity index is 1.37. The molecule has 4 aliphatic rings. The molecule has 2 aromatic rings. The molecular formula is C37H48ClN3O4S. The molecule has 1 aliphatic carbocycles. The molecule has 0 aromatic heterocycles. The fraction of sp³-hybridized carbons (Fsp3) is 0.568. The van der Waals surface area contributed by atoms with Crippen LogP contribution in [0.1, 0.15) is 63.5 Å². The number of carbonyl (C=O) groups is 2. The van der Waals surface area contributed by atoms with Crippen LogP contribution >= 0.6 is 23.5 Å². The molecule has 0 radical (unpaired) electrons. The van der Waals surface area contributed by atoms with Crippen molar-refractivity contribution in [2.24, 2.45) is 29.6 Å². The summed E-state index contributed by atoms with van der Waals surface area (Å²) in [6.07, 6.45) is 8.94. The Morgan fingerprint density at radius 3 is 2.72 bits per heavy atom. The van der Waals surface area contributed by atoms with Crippen LogP contribution in [-0.2, 0) is 20.7 Å². The minimum Gasteiger partial charge on any atom is -0.491 e. The minimum atomic E-state index is -0.473. The molecule has 7 unspecified atom stereocenters. The number of rotatable bonds is 4. The summed E-state index contributed by atoms with van der Waals surface area (Å²) in [5.74, 6) is 1.86. The van der Waals surface area contributed by atoms with Crippen molar-refractivity contribution < 1.29 is 19.1 Å². The standard InChI is InChI=1S/C37H48ClN3O4S/c1-5-7-25-18-28(38)11-14-30(25)27-21-41-20-26-10-13-31(26)32(35-37(43)40(4)16-17-44-35)9-6-8-23(2)24(3)36(42)39-46-29-12-15-34(45-22-27)33(41)19-29/h6,9,11-12,14-15,18-19,23-24,26-27,31-32,35H,5,7-8,10,13,16-17,20-22H2,1-4H3,(H,39,42)/b9-6+. The highest BCUT2D eigenvalue weighted by molar-refractivity contribution is 7.98. The number of ether oxygens (including phenoxy) is 2. The van der Waals surface area contributed by atoms with Gasteiger partial charge in [0.05, 0.1) is 18.9 Å². The molecule has 6 rings (SSSR count). The van der Waals surface area contributed by atoms with Crippen molar-refractivity contribution in [1.82, 2.24) is 9.62 Å². The summed E-state index contributed by atoms with van der Waals surface area (Å²) in [4.78, 5) is 31.9. The Morgan fingerprint density at radius 2 is 1.93 bits per heavy atom. The van der Waals surface area contributed by atoms with Crippen molar-refractivity contribution in [3.8, 4) is 5.75 Å². The summed E-state index contributed by atoms with van der Waals surface area (Å²) in [6, 6.07) is 12.6. The first-order chi connectivity index (χ1) is 22.2. The normalized spacial score (nSPS) is 31.2. The first-order valence-corrected chi connectivity index (χ1v) is 18.2. The van der Waals surface area contributed by atoms with Gasteiger partial charge in [-0.15, -0.1) is 0 Å². The third kappa shape index (κ3) is 7.09. The number of anilines is 1. The van der Waals surface area contributed by atoms with Gasteiger partial charge in [-0.2, -0.15) is 0 Å². The molecule has 46 heavy (non-hydrogen) atoms. The highest BCUT2D eigenvalue weighted by Gasteiger charge is 2.45. The van der Waals surface area contributed by atoms with Crippen molar-refractivity contribution in [1.29, 1.82) is 0 Å². The van der Waals surface area contributed by atoms with Crippen LogP contribution in [0.15, 0.2) is 53.4 Å². The number of fused-ring (bicyclic) bond motifs is 2. The number of aryl methyl sites for hydroxylation is 1. The lowest BCUT2D eigenvalue weighted by molar-refractivity contribution is -0.157. The fourth-order valence-electron chi connectivity index (χ4n) is 7.54. The second kappa shape index (κ2) is 14.6. The number of likely N-dealkylation sites (N-methyl/N-ethyl adjacent to an activating group) is 1. The molecule has 0 spiro atoms. The van der Waals surface area contributed by atoms with E-state index in [0.29, 0.717) is 31.6 Å². The van der Waals surface area contributed by atoms with Gasteiger partial charge in [0.15, 0.2) is 0 Å². The molecule has 1 saturated heterocycles. The Hall–Kier alpha value is -2.68. The molecule has 3 aliphatic heterocycles. The summed E-state index contributed by atoms with van der Waals surface area (Å²) < 4.78 is 15.9. The number of nitrogens with zero attached hydrogens (tertiary/aromatic N) is 2. The lowest BCUT2D eigenvalue weighted by atomic mass is 9.64. The van der Waals surface area contributed by atoms with Crippen LogP contribution in [0.4, 0.5) is 5.69 Å². The molecule has 9 heteroatoms. The number of allylic oxidation sites excluding steroid dienone is 1. The molecule has 2 aromatic carbocycles. The van der Waals surface area contributed by atoms with E-state index < -0.39 is 6.10 Å². The number of benzene rings is 2. The highest BCUT2D eigenvalue weighted by atomic mass is 35.5. The summed E-state index contributed by atoms with van der Waals surface area (Å²) in [7, 11) is 1.88. The van der Waals surface area contributed by atoms with Crippen LogP contribution in [0, 0.1) is 29.6 Å². The zero-order valence-corrected chi connectivity index (χ0v) is 29.1. The summed E-state index contributed by atoms with van der Waals surface area (Å²) in [5, 5.41) is 0.768. The van der Waals surface area contributed by atoms with Crippen LogP contribution in [0.5, 0.6) is 5.75 Å². The maximum atomic E-state index is 13.4. The summed E-state index contributed by atoms with van der Waals surface area (Å²) in [6.45, 7) is 9.76. The molecule has 7 nitrogen and oxygen atoms in total. The average molecular weight is 666 g/mol. The van der Waals surface area contributed by atoms with Gasteiger partial charge >= 0.3 is 0 Å². The molecule has 3 heterocycles. The van der Waals surface area contributed by atoms with Gasteiger partial charge in [0.25, 0.3) is 5.91 Å². The first kappa shape index (κ1) is 33.2. The Morgan fingerprint density at radius 1 is 1.09 bits per heavy atom. The number of carbonyl (C=O) groups excluding carboxylic acids is 2. The number of amides is 2. The number of nitrogens with one attached hydrogen (secondary N) is 1. The van der Waals surface area contributed by atoms with E-state index in [-0.39, 0.29) is 35.5 Å². The molecule has 1 saturated carbocycles. The van der Waals surface area contributed by atoms with Gasteiger partial charge in [-0.1, -0.05) is 57.0 Å². The molecule has 2 fully saturated rings. The molecule has 2 bridgehead atoms. The molecule has 7 atom stereocenters. The van der Waals surface area contributed by atoms with Gasteiger partial charge in [-0.05, 0) is 96.8 Å². The van der Waals surface area contributed by atoms with Crippen molar-refractivity contribution in [3.05, 3.63) is 64.7 Å². The van der Waals surface area contributed by atoms with Crippen LogP contribution < -0.4 is 14.4 Å². The first-order valence-electron chi connectivity index (χ1n) is 17.0. The van der Waals surface area contributed by atoms with E-state index >= 15 is 0 Å². The molecule has 1 N–H and O–H groups in total. The predicted molar refractivity (Wildman–Crippen MR) is 186 cm³/mol.